The Kier molecular flexibility index (Phi) is 8.83. The molecule has 0 radical (unpaired) electrons. The van der Waals surface area contributed by atoms with E-state index in [0.29, 0.717) is 17.8 Å². The molecule has 1 amide bonds. The summed E-state index contributed by atoms with van der Waals surface area (Å²) in [5.41, 5.74) is 0.167. The van der Waals surface area contributed by atoms with Gasteiger partial charge in [-0.1, -0.05) is 18.2 Å². The number of imidazole rings is 1. The summed E-state index contributed by atoms with van der Waals surface area (Å²) in [4.78, 5) is 47.0. The maximum atomic E-state index is 13.6. The Morgan fingerprint density at radius 1 is 1.21 bits per heavy atom. The Hall–Kier alpha value is -3.54. The van der Waals surface area contributed by atoms with Gasteiger partial charge in [0, 0.05) is 13.0 Å². The van der Waals surface area contributed by atoms with Crippen molar-refractivity contribution in [3.05, 3.63) is 47.0 Å². The summed E-state index contributed by atoms with van der Waals surface area (Å²) in [6.45, 7) is 6.47. The average Bonchev–Trinajstić information content (AvgIpc) is 3.24. The second-order valence-electron chi connectivity index (χ2n) is 9.77. The smallest absolute Gasteiger partial charge is 0.459 e. The van der Waals surface area contributed by atoms with E-state index in [9.17, 15) is 18.9 Å². The number of benzene rings is 1. The normalized spacial score (nSPS) is 19.2. The molecule has 13 nitrogen and oxygen atoms in total. The van der Waals surface area contributed by atoms with Crippen LogP contribution in [0.3, 0.4) is 0 Å². The van der Waals surface area contributed by atoms with Gasteiger partial charge in [0.1, 0.15) is 11.8 Å². The molecule has 2 heterocycles. The van der Waals surface area contributed by atoms with Gasteiger partial charge < -0.3 is 13.8 Å². The predicted octanol–water partition coefficient (Wildman–Crippen LogP) is 3.55. The number of amides is 1. The van der Waals surface area contributed by atoms with Crippen molar-refractivity contribution in [1.82, 2.24) is 24.6 Å². The number of nitrogens with one attached hydrogen (secondary N) is 3. The number of carbonyl (C=O) groups is 2. The highest BCUT2D eigenvalue weighted by atomic mass is 31.2. The van der Waals surface area contributed by atoms with E-state index in [-0.39, 0.29) is 42.0 Å². The van der Waals surface area contributed by atoms with E-state index >= 15 is 0 Å². The number of aromatic nitrogens is 4. The van der Waals surface area contributed by atoms with E-state index in [1.807, 2.05) is 4.57 Å². The summed E-state index contributed by atoms with van der Waals surface area (Å²) in [7, 11) is -3.90. The molecule has 2 atom stereocenters. The SMILES string of the molecule is CC(=O)Nc1nc2c(ncn2[C@H]2C[C@@H](CCOP(=O)(N[C@@H](C)C(=O)OC(C)C)Oc3ccccc3)C2)c(=O)[nH]1. The van der Waals surface area contributed by atoms with Crippen molar-refractivity contribution in [3.63, 3.8) is 0 Å². The minimum atomic E-state index is -3.90. The molecule has 39 heavy (non-hydrogen) atoms. The lowest BCUT2D eigenvalue weighted by Crippen LogP contribution is -2.36. The number of nitrogens with zero attached hydrogens (tertiary/aromatic N) is 3. The van der Waals surface area contributed by atoms with Crippen LogP contribution in [-0.4, -0.2) is 50.1 Å². The van der Waals surface area contributed by atoms with Gasteiger partial charge in [-0.15, -0.1) is 0 Å². The molecule has 1 aromatic carbocycles. The summed E-state index contributed by atoms with van der Waals surface area (Å²) in [5.74, 6) is -0.234. The number of para-hydroxylation sites is 1. The zero-order chi connectivity index (χ0) is 28.2. The minimum absolute atomic E-state index is 0.0656. The van der Waals surface area contributed by atoms with Crippen LogP contribution in [0.2, 0.25) is 0 Å². The van der Waals surface area contributed by atoms with E-state index in [0.717, 1.165) is 12.8 Å². The summed E-state index contributed by atoms with van der Waals surface area (Å²) in [6.07, 6.45) is 3.40. The molecule has 1 fully saturated rings. The van der Waals surface area contributed by atoms with Gasteiger partial charge in [-0.2, -0.15) is 10.1 Å². The molecule has 0 spiro atoms. The van der Waals surface area contributed by atoms with Crippen molar-refractivity contribution in [2.75, 3.05) is 11.9 Å². The lowest BCUT2D eigenvalue weighted by atomic mass is 9.78. The topological polar surface area (TPSA) is 167 Å². The van der Waals surface area contributed by atoms with Crippen LogP contribution in [0.25, 0.3) is 11.2 Å². The van der Waals surface area contributed by atoms with Crippen LogP contribution in [0.5, 0.6) is 5.75 Å². The zero-order valence-electron chi connectivity index (χ0n) is 22.2. The van der Waals surface area contributed by atoms with Crippen LogP contribution in [0, 0.1) is 5.92 Å². The number of anilines is 1. The lowest BCUT2D eigenvalue weighted by molar-refractivity contribution is -0.149. The Morgan fingerprint density at radius 2 is 1.92 bits per heavy atom. The predicted molar refractivity (Wildman–Crippen MR) is 143 cm³/mol. The van der Waals surface area contributed by atoms with Gasteiger partial charge in [-0.05, 0) is 58.1 Å². The number of hydrogen-bond donors (Lipinski definition) is 3. The zero-order valence-corrected chi connectivity index (χ0v) is 23.1. The first-order valence-corrected chi connectivity index (χ1v) is 14.3. The highest BCUT2D eigenvalue weighted by Gasteiger charge is 2.35. The quantitative estimate of drug-likeness (QED) is 0.220. The van der Waals surface area contributed by atoms with Crippen molar-refractivity contribution < 1.29 is 27.9 Å². The first kappa shape index (κ1) is 28.5. The summed E-state index contributed by atoms with van der Waals surface area (Å²) in [5, 5.41) is 5.18. The van der Waals surface area contributed by atoms with Gasteiger partial charge >= 0.3 is 13.7 Å². The Bertz CT molecular complexity index is 1420. The number of aromatic amines is 1. The van der Waals surface area contributed by atoms with Crippen molar-refractivity contribution in [3.8, 4) is 5.75 Å². The molecular weight excluding hydrogens is 527 g/mol. The molecule has 1 aliphatic carbocycles. The van der Waals surface area contributed by atoms with Gasteiger partial charge in [-0.3, -0.25) is 29.2 Å². The molecule has 14 heteroatoms. The first-order valence-electron chi connectivity index (χ1n) is 12.7. The molecule has 0 saturated heterocycles. The highest BCUT2D eigenvalue weighted by molar-refractivity contribution is 7.52. The Labute approximate surface area is 225 Å². The van der Waals surface area contributed by atoms with Gasteiger partial charge in [0.15, 0.2) is 11.2 Å². The molecule has 1 saturated carbocycles. The molecule has 210 valence electrons. The van der Waals surface area contributed by atoms with Gasteiger partial charge in [0.2, 0.25) is 11.9 Å². The van der Waals surface area contributed by atoms with E-state index in [1.54, 1.807) is 50.5 Å². The number of rotatable bonds is 12. The van der Waals surface area contributed by atoms with Crippen LogP contribution < -0.4 is 20.5 Å². The standard InChI is InChI=1S/C25H33N6O7P/c1-15(2)37-24(34)16(3)30-39(35,38-20-8-6-5-7-9-20)36-11-10-18-12-19(13-18)31-14-26-21-22(31)28-25(27-17(4)32)29-23(21)33/h5-9,14-16,18-19H,10-13H2,1-4H3,(H,30,35)(H2,27,28,29,32,33)/t16-,18-,19+,39?/m0/s1. The number of H-pyrrole nitrogens is 1. The van der Waals surface area contributed by atoms with Crippen LogP contribution >= 0.6 is 7.75 Å². The molecule has 3 N–H and O–H groups in total. The van der Waals surface area contributed by atoms with Crippen LogP contribution in [0.1, 0.15) is 53.0 Å². The third-order valence-corrected chi connectivity index (χ3v) is 7.82. The van der Waals surface area contributed by atoms with Crippen molar-refractivity contribution in [1.29, 1.82) is 0 Å². The van der Waals surface area contributed by atoms with Crippen molar-refractivity contribution >= 4 is 36.7 Å². The Balaban J connectivity index is 1.36. The molecule has 3 aromatic rings. The van der Waals surface area contributed by atoms with E-state index in [2.05, 4.69) is 25.4 Å². The van der Waals surface area contributed by atoms with Crippen LogP contribution in [0.4, 0.5) is 5.95 Å². The minimum Gasteiger partial charge on any atom is -0.462 e. The van der Waals surface area contributed by atoms with Crippen molar-refractivity contribution in [2.24, 2.45) is 5.92 Å². The second-order valence-corrected chi connectivity index (χ2v) is 11.5. The fraction of sp³-hybridized carbons (Fsp3) is 0.480. The summed E-state index contributed by atoms with van der Waals surface area (Å²) in [6, 6.07) is 7.74. The average molecular weight is 561 g/mol. The number of fused-ring (bicyclic) bond motifs is 1. The molecule has 2 aromatic heterocycles. The third kappa shape index (κ3) is 7.31. The molecule has 0 bridgehead atoms. The fourth-order valence-electron chi connectivity index (χ4n) is 4.26. The highest BCUT2D eigenvalue weighted by Crippen LogP contribution is 2.47. The van der Waals surface area contributed by atoms with Crippen molar-refractivity contribution in [2.45, 2.75) is 65.1 Å². The van der Waals surface area contributed by atoms with Gasteiger partial charge in [0.05, 0.1) is 19.0 Å². The molecule has 1 aliphatic rings. The maximum absolute atomic E-state index is 13.6. The number of esters is 1. The first-order chi connectivity index (χ1) is 18.5. The summed E-state index contributed by atoms with van der Waals surface area (Å²) >= 11 is 0. The Morgan fingerprint density at radius 3 is 2.59 bits per heavy atom. The summed E-state index contributed by atoms with van der Waals surface area (Å²) < 4.78 is 32.0. The van der Waals surface area contributed by atoms with Crippen LogP contribution in [-0.2, 0) is 23.4 Å². The molecule has 4 rings (SSSR count). The number of hydrogen-bond acceptors (Lipinski definition) is 9. The molecule has 1 unspecified atom stereocenters. The monoisotopic (exact) mass is 560 g/mol. The third-order valence-electron chi connectivity index (χ3n) is 6.14. The van der Waals surface area contributed by atoms with E-state index in [1.165, 1.54) is 13.8 Å². The van der Waals surface area contributed by atoms with Gasteiger partial charge in [-0.25, -0.2) is 9.55 Å². The molecule has 0 aliphatic heterocycles. The maximum Gasteiger partial charge on any atom is 0.459 e. The van der Waals surface area contributed by atoms with E-state index < -0.39 is 25.3 Å². The second kappa shape index (κ2) is 12.1. The lowest BCUT2D eigenvalue weighted by Gasteiger charge is -2.36. The molecular formula is C25H33N6O7P. The van der Waals surface area contributed by atoms with Crippen LogP contribution in [0.15, 0.2) is 41.5 Å². The fourth-order valence-corrected chi connectivity index (χ4v) is 5.76. The number of ether oxygens (including phenoxy) is 1. The van der Waals surface area contributed by atoms with Gasteiger partial charge in [0.25, 0.3) is 5.56 Å². The van der Waals surface area contributed by atoms with E-state index in [4.69, 9.17) is 13.8 Å². The largest absolute Gasteiger partial charge is 0.462 e. The number of carbonyl (C=O) groups excluding carboxylic acids is 2.